The van der Waals surface area contributed by atoms with Crippen LogP contribution in [0, 0.1) is 0 Å². The lowest BCUT2D eigenvalue weighted by Crippen LogP contribution is -2.27. The monoisotopic (exact) mass is 451 g/mol. The Morgan fingerprint density at radius 3 is 2.68 bits per heavy atom. The Bertz CT molecular complexity index is 1020. The molecule has 0 saturated carbocycles. The van der Waals surface area contributed by atoms with Gasteiger partial charge in [0.05, 0.1) is 11.7 Å². The molecule has 1 amide bonds. The van der Waals surface area contributed by atoms with E-state index < -0.39 is 12.4 Å². The first-order valence-corrected chi connectivity index (χ1v) is 10.1. The van der Waals surface area contributed by atoms with Crippen molar-refractivity contribution < 1.29 is 22.7 Å². The van der Waals surface area contributed by atoms with Crippen molar-refractivity contribution in [2.24, 2.45) is 0 Å². The average molecular weight is 451 g/mol. The van der Waals surface area contributed by atoms with E-state index in [0.717, 1.165) is 11.3 Å². The van der Waals surface area contributed by atoms with Crippen molar-refractivity contribution in [3.05, 3.63) is 58.9 Å². The predicted molar refractivity (Wildman–Crippen MR) is 109 cm³/mol. The number of benzene rings is 1. The molecule has 3 aromatic rings. The first-order chi connectivity index (χ1) is 14.7. The molecule has 0 aliphatic rings. The molecule has 1 aromatic carbocycles. The highest BCUT2D eigenvalue weighted by Crippen LogP contribution is 2.32. The number of alkyl halides is 3. The maximum Gasteiger partial charge on any atom is 0.573 e. The van der Waals surface area contributed by atoms with Crippen LogP contribution in [-0.2, 0) is 17.8 Å². The van der Waals surface area contributed by atoms with Crippen LogP contribution in [0.15, 0.2) is 42.6 Å². The largest absolute Gasteiger partial charge is 0.573 e. The normalized spacial score (nSPS) is 12.4. The molecule has 164 valence electrons. The first-order valence-electron chi connectivity index (χ1n) is 9.28. The first kappa shape index (κ1) is 22.6. The number of hydrogen-bond acceptors (Lipinski definition) is 7. The number of nitrogens with zero attached hydrogens (tertiary/aromatic N) is 3. The summed E-state index contributed by atoms with van der Waals surface area (Å²) < 4.78 is 41.4. The Kier molecular flexibility index (Phi) is 7.18. The van der Waals surface area contributed by atoms with Gasteiger partial charge in [-0.1, -0.05) is 29.5 Å². The second kappa shape index (κ2) is 9.84. The van der Waals surface area contributed by atoms with Gasteiger partial charge in [-0.25, -0.2) is 0 Å². The van der Waals surface area contributed by atoms with E-state index in [0.29, 0.717) is 28.5 Å². The van der Waals surface area contributed by atoms with E-state index in [1.54, 1.807) is 12.3 Å². The van der Waals surface area contributed by atoms with Crippen LogP contribution in [0.1, 0.15) is 29.2 Å². The molecule has 3 rings (SSSR count). The molecule has 2 N–H and O–H groups in total. The van der Waals surface area contributed by atoms with E-state index >= 15 is 0 Å². The summed E-state index contributed by atoms with van der Waals surface area (Å²) in [7, 11) is 1.83. The van der Waals surface area contributed by atoms with Crippen molar-refractivity contribution in [2.75, 3.05) is 7.05 Å². The zero-order chi connectivity index (χ0) is 22.4. The number of carbonyl (C=O) groups is 1. The Balaban J connectivity index is 1.81. The van der Waals surface area contributed by atoms with Crippen molar-refractivity contribution in [2.45, 2.75) is 32.3 Å². The predicted octanol–water partition coefficient (Wildman–Crippen LogP) is 3.64. The molecule has 0 bridgehead atoms. The third kappa shape index (κ3) is 6.72. The minimum Gasteiger partial charge on any atom is -0.406 e. The molecule has 0 aliphatic carbocycles. The average Bonchev–Trinajstić information content (AvgIpc) is 3.18. The van der Waals surface area contributed by atoms with Gasteiger partial charge in [0.15, 0.2) is 0 Å². The second-order valence-electron chi connectivity index (χ2n) is 6.67. The van der Waals surface area contributed by atoms with Gasteiger partial charge in [-0.2, -0.15) is 0 Å². The number of carbonyl (C=O) groups excluding carboxylic acids is 1. The summed E-state index contributed by atoms with van der Waals surface area (Å²) in [6.07, 6.45) is -2.60. The maximum absolute atomic E-state index is 12.5. The Hall–Kier alpha value is -3.05. The smallest absolute Gasteiger partial charge is 0.406 e. The van der Waals surface area contributed by atoms with Crippen LogP contribution in [0.3, 0.4) is 0 Å². The number of amides is 1. The van der Waals surface area contributed by atoms with Gasteiger partial charge >= 0.3 is 6.36 Å². The third-order valence-corrected chi connectivity index (χ3v) is 5.20. The zero-order valence-corrected chi connectivity index (χ0v) is 17.5. The summed E-state index contributed by atoms with van der Waals surface area (Å²) in [5.74, 6) is -0.574. The maximum atomic E-state index is 12.5. The van der Waals surface area contributed by atoms with E-state index in [-0.39, 0.29) is 11.7 Å². The summed E-state index contributed by atoms with van der Waals surface area (Å²) in [6, 6.07) is 8.89. The third-order valence-electron chi connectivity index (χ3n) is 4.11. The fourth-order valence-electron chi connectivity index (χ4n) is 2.86. The SMILES string of the molecule is CNCc1ccc(CC(NC(C)=O)c2nnc(-c3cccc(OC(F)(F)F)c3)s2)cn1. The number of hydrogen-bond donors (Lipinski definition) is 2. The Morgan fingerprint density at radius 2 is 2.03 bits per heavy atom. The summed E-state index contributed by atoms with van der Waals surface area (Å²) in [6.45, 7) is 2.05. The Morgan fingerprint density at radius 1 is 1.23 bits per heavy atom. The van der Waals surface area contributed by atoms with E-state index in [1.165, 1.54) is 36.5 Å². The number of aromatic nitrogens is 3. The van der Waals surface area contributed by atoms with Crippen LogP contribution in [0.5, 0.6) is 5.75 Å². The molecule has 7 nitrogen and oxygen atoms in total. The highest BCUT2D eigenvalue weighted by atomic mass is 32.1. The quantitative estimate of drug-likeness (QED) is 0.544. The van der Waals surface area contributed by atoms with Crippen LogP contribution < -0.4 is 15.4 Å². The summed E-state index contributed by atoms with van der Waals surface area (Å²) >= 11 is 1.19. The lowest BCUT2D eigenvalue weighted by molar-refractivity contribution is -0.274. The second-order valence-corrected chi connectivity index (χ2v) is 7.68. The highest BCUT2D eigenvalue weighted by molar-refractivity contribution is 7.14. The van der Waals surface area contributed by atoms with E-state index in [2.05, 4.69) is 30.6 Å². The van der Waals surface area contributed by atoms with Crippen molar-refractivity contribution in [1.29, 1.82) is 0 Å². The molecule has 31 heavy (non-hydrogen) atoms. The molecular weight excluding hydrogens is 431 g/mol. The molecule has 0 radical (unpaired) electrons. The van der Waals surface area contributed by atoms with Gasteiger partial charge in [0.1, 0.15) is 15.8 Å². The van der Waals surface area contributed by atoms with Gasteiger partial charge in [0.2, 0.25) is 5.91 Å². The summed E-state index contributed by atoms with van der Waals surface area (Å²) in [5.41, 5.74) is 2.22. The van der Waals surface area contributed by atoms with E-state index in [4.69, 9.17) is 0 Å². The molecule has 2 aromatic heterocycles. The van der Waals surface area contributed by atoms with Crippen LogP contribution in [0.2, 0.25) is 0 Å². The van der Waals surface area contributed by atoms with Crippen LogP contribution in [0.25, 0.3) is 10.6 Å². The van der Waals surface area contributed by atoms with Crippen LogP contribution in [0.4, 0.5) is 13.2 Å². The molecule has 0 saturated heterocycles. The van der Waals surface area contributed by atoms with Crippen molar-refractivity contribution in [1.82, 2.24) is 25.8 Å². The topological polar surface area (TPSA) is 89.0 Å². The van der Waals surface area contributed by atoms with Gasteiger partial charge in [0.25, 0.3) is 0 Å². The van der Waals surface area contributed by atoms with Crippen LogP contribution >= 0.6 is 11.3 Å². The molecule has 0 fully saturated rings. The number of ether oxygens (including phenoxy) is 1. The lowest BCUT2D eigenvalue weighted by Gasteiger charge is -2.15. The van der Waals surface area contributed by atoms with E-state index in [1.807, 2.05) is 19.2 Å². The summed E-state index contributed by atoms with van der Waals surface area (Å²) in [4.78, 5) is 16.1. The molecule has 0 aliphatic heterocycles. The fourth-order valence-corrected chi connectivity index (χ4v) is 3.75. The van der Waals surface area contributed by atoms with Gasteiger partial charge < -0.3 is 15.4 Å². The van der Waals surface area contributed by atoms with Crippen molar-refractivity contribution in [3.63, 3.8) is 0 Å². The lowest BCUT2D eigenvalue weighted by atomic mass is 10.1. The van der Waals surface area contributed by atoms with E-state index in [9.17, 15) is 18.0 Å². The van der Waals surface area contributed by atoms with Gasteiger partial charge in [-0.3, -0.25) is 9.78 Å². The van der Waals surface area contributed by atoms with Crippen molar-refractivity contribution in [3.8, 4) is 16.3 Å². The van der Waals surface area contributed by atoms with Gasteiger partial charge in [-0.15, -0.1) is 23.4 Å². The van der Waals surface area contributed by atoms with Gasteiger partial charge in [0, 0.05) is 31.6 Å². The molecule has 2 heterocycles. The summed E-state index contributed by atoms with van der Waals surface area (Å²) in [5, 5.41) is 15.1. The molecule has 1 unspecified atom stereocenters. The molecule has 1 atom stereocenters. The molecule has 0 spiro atoms. The van der Waals surface area contributed by atoms with Crippen LogP contribution in [-0.4, -0.2) is 34.5 Å². The molecule has 11 heteroatoms. The Labute approximate surface area is 180 Å². The van der Waals surface area contributed by atoms with Crippen molar-refractivity contribution >= 4 is 17.2 Å². The minimum absolute atomic E-state index is 0.234. The standard InChI is InChI=1S/C20H20F3N5O2S/c1-12(29)26-17(8-13-6-7-15(11-24-2)25-10-13)19-28-27-18(31-19)14-4-3-5-16(9-14)30-20(21,22)23/h3-7,9-10,17,24H,8,11H2,1-2H3,(H,26,29). The zero-order valence-electron chi connectivity index (χ0n) is 16.7. The number of nitrogens with one attached hydrogen (secondary N) is 2. The fraction of sp³-hybridized carbons (Fsp3) is 0.300. The number of rotatable bonds is 8. The number of halogens is 3. The number of pyridine rings is 1. The molecular formula is C20H20F3N5O2S. The highest BCUT2D eigenvalue weighted by Gasteiger charge is 2.31. The minimum atomic E-state index is -4.78. The van der Waals surface area contributed by atoms with Gasteiger partial charge in [-0.05, 0) is 30.8 Å².